The molecule has 0 fully saturated rings. The topological polar surface area (TPSA) is 95.1 Å². The van der Waals surface area contributed by atoms with Crippen molar-refractivity contribution in [3.8, 4) is 22.8 Å². The summed E-state index contributed by atoms with van der Waals surface area (Å²) >= 11 is 0. The third-order valence-corrected chi connectivity index (χ3v) is 4.48. The Morgan fingerprint density at radius 3 is 2.73 bits per heavy atom. The highest BCUT2D eigenvalue weighted by Gasteiger charge is 2.19. The Labute approximate surface area is 171 Å². The average molecular weight is 407 g/mol. The van der Waals surface area contributed by atoms with Gasteiger partial charge in [0, 0.05) is 18.3 Å². The molecule has 4 rings (SSSR count). The van der Waals surface area contributed by atoms with Crippen LogP contribution < -0.4 is 10.1 Å². The molecular formula is C21H18FN5O3. The second-order valence-corrected chi connectivity index (χ2v) is 6.47. The normalized spacial score (nSPS) is 10.8. The quantitative estimate of drug-likeness (QED) is 0.527. The predicted molar refractivity (Wildman–Crippen MR) is 106 cm³/mol. The maximum atomic E-state index is 13.1. The molecule has 0 saturated heterocycles. The number of carbonyl (C=O) groups excluding carboxylic acids is 1. The molecule has 0 bridgehead atoms. The second kappa shape index (κ2) is 8.16. The van der Waals surface area contributed by atoms with Gasteiger partial charge < -0.3 is 14.6 Å². The van der Waals surface area contributed by atoms with E-state index in [4.69, 9.17) is 9.26 Å². The molecule has 0 saturated carbocycles. The van der Waals surface area contributed by atoms with Gasteiger partial charge in [-0.3, -0.25) is 4.79 Å². The number of nitrogens with zero attached hydrogens (tertiary/aromatic N) is 4. The smallest absolute Gasteiger partial charge is 0.316 e. The van der Waals surface area contributed by atoms with E-state index in [2.05, 4.69) is 20.6 Å². The van der Waals surface area contributed by atoms with Crippen molar-refractivity contribution in [2.24, 2.45) is 0 Å². The van der Waals surface area contributed by atoms with Crippen LogP contribution in [0.1, 0.15) is 21.9 Å². The highest BCUT2D eigenvalue weighted by molar-refractivity contribution is 5.89. The van der Waals surface area contributed by atoms with Crippen LogP contribution in [-0.2, 0) is 6.54 Å². The summed E-state index contributed by atoms with van der Waals surface area (Å²) in [5, 5.41) is 11.0. The third kappa shape index (κ3) is 3.90. The number of hydrogen-bond acceptors (Lipinski definition) is 6. The average Bonchev–Trinajstić information content (AvgIpc) is 3.39. The molecule has 0 aliphatic rings. The molecule has 1 amide bonds. The zero-order valence-electron chi connectivity index (χ0n) is 16.3. The second-order valence-electron chi connectivity index (χ2n) is 6.47. The summed E-state index contributed by atoms with van der Waals surface area (Å²) in [6.45, 7) is 2.04. The van der Waals surface area contributed by atoms with Crippen molar-refractivity contribution in [2.75, 3.05) is 7.11 Å². The van der Waals surface area contributed by atoms with Gasteiger partial charge in [-0.15, -0.1) is 0 Å². The van der Waals surface area contributed by atoms with Crippen molar-refractivity contribution in [1.29, 1.82) is 0 Å². The van der Waals surface area contributed by atoms with Gasteiger partial charge in [-0.25, -0.2) is 9.07 Å². The minimum absolute atomic E-state index is 0.158. The van der Waals surface area contributed by atoms with Crippen molar-refractivity contribution in [3.05, 3.63) is 77.7 Å². The first kappa shape index (κ1) is 19.3. The van der Waals surface area contributed by atoms with Crippen LogP contribution in [0.2, 0.25) is 0 Å². The van der Waals surface area contributed by atoms with E-state index in [1.165, 1.54) is 12.1 Å². The molecule has 2 aromatic heterocycles. The maximum absolute atomic E-state index is 13.1. The molecule has 4 aromatic rings. The van der Waals surface area contributed by atoms with Gasteiger partial charge >= 0.3 is 11.8 Å². The van der Waals surface area contributed by atoms with E-state index in [9.17, 15) is 9.18 Å². The Kier molecular flexibility index (Phi) is 5.25. The molecule has 8 nitrogen and oxygen atoms in total. The lowest BCUT2D eigenvalue weighted by Gasteiger charge is -2.07. The van der Waals surface area contributed by atoms with Crippen molar-refractivity contribution < 1.29 is 18.4 Å². The Balaban J connectivity index is 1.50. The largest absolute Gasteiger partial charge is 0.496 e. The molecule has 30 heavy (non-hydrogen) atoms. The van der Waals surface area contributed by atoms with E-state index in [0.717, 1.165) is 5.56 Å². The zero-order chi connectivity index (χ0) is 21.1. The number of amides is 1. The summed E-state index contributed by atoms with van der Waals surface area (Å²) in [5.41, 5.74) is 2.75. The summed E-state index contributed by atoms with van der Waals surface area (Å²) in [4.78, 5) is 16.6. The number of nitrogens with one attached hydrogen (secondary N) is 1. The standard InChI is InChI=1S/C21H18FN5O3/c1-13-17(12-27(25-13)16-9-7-15(22)8-10-16)19-24-21(30-26-19)20(28)23-11-14-5-3-4-6-18(14)29-2/h3-10,12H,11H2,1-2H3,(H,23,28). The van der Waals surface area contributed by atoms with E-state index >= 15 is 0 Å². The molecule has 0 unspecified atom stereocenters. The van der Waals surface area contributed by atoms with E-state index < -0.39 is 5.91 Å². The van der Waals surface area contributed by atoms with Gasteiger partial charge in [0.1, 0.15) is 11.6 Å². The van der Waals surface area contributed by atoms with E-state index in [1.807, 2.05) is 24.3 Å². The molecule has 2 heterocycles. The van der Waals surface area contributed by atoms with E-state index in [0.29, 0.717) is 22.7 Å². The molecule has 0 aliphatic carbocycles. The molecule has 0 spiro atoms. The number of para-hydroxylation sites is 1. The van der Waals surface area contributed by atoms with Crippen LogP contribution in [0.4, 0.5) is 4.39 Å². The third-order valence-electron chi connectivity index (χ3n) is 4.48. The number of methoxy groups -OCH3 is 1. The van der Waals surface area contributed by atoms with Gasteiger partial charge in [0.2, 0.25) is 5.82 Å². The van der Waals surface area contributed by atoms with Gasteiger partial charge in [-0.05, 0) is 37.3 Å². The van der Waals surface area contributed by atoms with Crippen molar-refractivity contribution in [3.63, 3.8) is 0 Å². The van der Waals surface area contributed by atoms with Crippen LogP contribution in [0.3, 0.4) is 0 Å². The van der Waals surface area contributed by atoms with Crippen molar-refractivity contribution in [1.82, 2.24) is 25.2 Å². The number of halogens is 1. The number of hydrogen-bond donors (Lipinski definition) is 1. The van der Waals surface area contributed by atoms with E-state index in [1.54, 1.807) is 37.0 Å². The minimum atomic E-state index is -0.497. The number of aryl methyl sites for hydroxylation is 1. The van der Waals surface area contributed by atoms with Crippen LogP contribution in [0.5, 0.6) is 5.75 Å². The highest BCUT2D eigenvalue weighted by Crippen LogP contribution is 2.22. The number of aromatic nitrogens is 4. The molecule has 0 aliphatic heterocycles. The lowest BCUT2D eigenvalue weighted by molar-refractivity contribution is 0.0906. The monoisotopic (exact) mass is 407 g/mol. The summed E-state index contributed by atoms with van der Waals surface area (Å²) in [6, 6.07) is 13.3. The maximum Gasteiger partial charge on any atom is 0.316 e. The van der Waals surface area contributed by atoms with Gasteiger partial charge in [0.25, 0.3) is 0 Å². The fraction of sp³-hybridized carbons (Fsp3) is 0.143. The van der Waals surface area contributed by atoms with Crippen LogP contribution >= 0.6 is 0 Å². The Hall–Kier alpha value is -4.01. The Morgan fingerprint density at radius 2 is 1.97 bits per heavy atom. The van der Waals surface area contributed by atoms with Crippen LogP contribution in [0.25, 0.3) is 17.1 Å². The first-order valence-corrected chi connectivity index (χ1v) is 9.11. The minimum Gasteiger partial charge on any atom is -0.496 e. The van der Waals surface area contributed by atoms with E-state index in [-0.39, 0.29) is 24.1 Å². The summed E-state index contributed by atoms with van der Waals surface area (Å²) in [5.74, 6) is -0.0713. The molecule has 2 aromatic carbocycles. The molecule has 0 radical (unpaired) electrons. The lowest BCUT2D eigenvalue weighted by Crippen LogP contribution is -2.23. The molecule has 0 atom stereocenters. The number of rotatable bonds is 6. The molecule has 9 heteroatoms. The van der Waals surface area contributed by atoms with Crippen molar-refractivity contribution >= 4 is 5.91 Å². The SMILES string of the molecule is COc1ccccc1CNC(=O)c1nc(-c2cn(-c3ccc(F)cc3)nc2C)no1. The Bertz CT molecular complexity index is 1180. The van der Waals surface area contributed by atoms with Gasteiger partial charge in [-0.1, -0.05) is 23.4 Å². The fourth-order valence-corrected chi connectivity index (χ4v) is 2.93. The van der Waals surface area contributed by atoms with Gasteiger partial charge in [0.15, 0.2) is 0 Å². The zero-order valence-corrected chi connectivity index (χ0v) is 16.3. The van der Waals surface area contributed by atoms with Crippen LogP contribution in [0.15, 0.2) is 59.3 Å². The van der Waals surface area contributed by atoms with Gasteiger partial charge in [0.05, 0.1) is 24.1 Å². The number of benzene rings is 2. The summed E-state index contributed by atoms with van der Waals surface area (Å²) in [6.07, 6.45) is 1.70. The number of carbonyl (C=O) groups is 1. The first-order valence-electron chi connectivity index (χ1n) is 9.11. The van der Waals surface area contributed by atoms with Crippen LogP contribution in [0, 0.1) is 12.7 Å². The predicted octanol–water partition coefficient (Wildman–Crippen LogP) is 3.31. The lowest BCUT2D eigenvalue weighted by atomic mass is 10.2. The Morgan fingerprint density at radius 1 is 1.20 bits per heavy atom. The van der Waals surface area contributed by atoms with Crippen molar-refractivity contribution in [2.45, 2.75) is 13.5 Å². The molecular weight excluding hydrogens is 389 g/mol. The summed E-state index contributed by atoms with van der Waals surface area (Å²) in [7, 11) is 1.57. The molecule has 1 N–H and O–H groups in total. The number of ether oxygens (including phenoxy) is 1. The van der Waals surface area contributed by atoms with Gasteiger partial charge in [-0.2, -0.15) is 10.1 Å². The molecule has 152 valence electrons. The van der Waals surface area contributed by atoms with Crippen LogP contribution in [-0.4, -0.2) is 32.9 Å². The first-order chi connectivity index (χ1) is 14.5. The fourth-order valence-electron chi connectivity index (χ4n) is 2.93. The summed E-state index contributed by atoms with van der Waals surface area (Å²) < 4.78 is 25.1. The highest BCUT2D eigenvalue weighted by atomic mass is 19.1.